The van der Waals surface area contributed by atoms with Crippen LogP contribution in [0.3, 0.4) is 0 Å². The zero-order chi connectivity index (χ0) is 16.2. The van der Waals surface area contributed by atoms with E-state index in [1.165, 1.54) is 5.56 Å². The largest absolute Gasteiger partial charge is 0.444 e. The first-order valence-electron chi connectivity index (χ1n) is 7.61. The lowest BCUT2D eigenvalue weighted by atomic mass is 10.1. The number of rotatable bonds is 4. The number of hydrogen-bond donors (Lipinski definition) is 1. The first-order chi connectivity index (χ1) is 10.3. The van der Waals surface area contributed by atoms with Crippen LogP contribution in [0, 0.1) is 5.92 Å². The van der Waals surface area contributed by atoms with Crippen LogP contribution < -0.4 is 5.32 Å². The molecule has 1 aliphatic rings. The van der Waals surface area contributed by atoms with Crippen LogP contribution in [0.2, 0.25) is 0 Å². The number of halogens is 1. The molecule has 1 aromatic heterocycles. The second kappa shape index (κ2) is 7.42. The fraction of sp³-hybridized carbons (Fsp3) is 0.625. The molecule has 1 fully saturated rings. The summed E-state index contributed by atoms with van der Waals surface area (Å²) in [5.41, 5.74) is 0.768. The van der Waals surface area contributed by atoms with Gasteiger partial charge in [-0.3, -0.25) is 4.90 Å². The number of ether oxygens (including phenoxy) is 1. The molecule has 2 heterocycles. The number of alkyl carbamates (subject to hydrolysis) is 1. The van der Waals surface area contributed by atoms with Gasteiger partial charge in [-0.05, 0) is 67.2 Å². The van der Waals surface area contributed by atoms with Crippen molar-refractivity contribution in [3.05, 3.63) is 28.5 Å². The van der Waals surface area contributed by atoms with E-state index in [2.05, 4.69) is 37.2 Å². The van der Waals surface area contributed by atoms with Gasteiger partial charge in [0.15, 0.2) is 0 Å². The molecule has 1 unspecified atom stereocenters. The third-order valence-electron chi connectivity index (χ3n) is 3.50. The molecule has 5 nitrogen and oxygen atoms in total. The highest BCUT2D eigenvalue weighted by Crippen LogP contribution is 2.18. The van der Waals surface area contributed by atoms with E-state index in [0.29, 0.717) is 12.5 Å². The van der Waals surface area contributed by atoms with Gasteiger partial charge in [0, 0.05) is 25.8 Å². The molecule has 1 aromatic rings. The number of nitrogens with one attached hydrogen (secondary N) is 1. The molecule has 1 amide bonds. The molecule has 1 saturated heterocycles. The molecule has 0 saturated carbocycles. The summed E-state index contributed by atoms with van der Waals surface area (Å²) < 4.78 is 6.11. The molecular formula is C16H24BrN3O2. The Balaban J connectivity index is 1.71. The maximum Gasteiger partial charge on any atom is 0.407 e. The fourth-order valence-electron chi connectivity index (χ4n) is 2.52. The first kappa shape index (κ1) is 17.2. The molecule has 0 radical (unpaired) electrons. The Morgan fingerprint density at radius 3 is 2.91 bits per heavy atom. The molecular weight excluding hydrogens is 346 g/mol. The quantitative estimate of drug-likeness (QED) is 0.828. The van der Waals surface area contributed by atoms with Crippen LogP contribution in [-0.4, -0.2) is 41.2 Å². The SMILES string of the molecule is CC(C)(C)OC(=O)NCC1CCN(Cc2ccc(Br)nc2)C1. The van der Waals surface area contributed by atoms with Crippen molar-refractivity contribution in [2.75, 3.05) is 19.6 Å². The van der Waals surface area contributed by atoms with Gasteiger partial charge in [-0.1, -0.05) is 6.07 Å². The Hall–Kier alpha value is -1.14. The number of carbonyl (C=O) groups excluding carboxylic acids is 1. The summed E-state index contributed by atoms with van der Waals surface area (Å²) in [7, 11) is 0. The van der Waals surface area contributed by atoms with E-state index >= 15 is 0 Å². The topological polar surface area (TPSA) is 54.5 Å². The highest BCUT2D eigenvalue weighted by molar-refractivity contribution is 9.10. The van der Waals surface area contributed by atoms with Crippen LogP contribution in [0.25, 0.3) is 0 Å². The van der Waals surface area contributed by atoms with E-state index in [0.717, 1.165) is 30.7 Å². The van der Waals surface area contributed by atoms with Crippen molar-refractivity contribution in [1.82, 2.24) is 15.2 Å². The standard InChI is InChI=1S/C16H24BrN3O2/c1-16(2,3)22-15(21)19-9-13-6-7-20(11-13)10-12-4-5-14(17)18-8-12/h4-5,8,13H,6-7,9-11H2,1-3H3,(H,19,21). The van der Waals surface area contributed by atoms with Crippen molar-refractivity contribution in [3.63, 3.8) is 0 Å². The van der Waals surface area contributed by atoms with Crippen LogP contribution in [0.5, 0.6) is 0 Å². The van der Waals surface area contributed by atoms with Crippen LogP contribution in [0.4, 0.5) is 4.79 Å². The lowest BCUT2D eigenvalue weighted by molar-refractivity contribution is 0.0519. The highest BCUT2D eigenvalue weighted by Gasteiger charge is 2.24. The van der Waals surface area contributed by atoms with Crippen molar-refractivity contribution < 1.29 is 9.53 Å². The van der Waals surface area contributed by atoms with E-state index in [1.807, 2.05) is 33.0 Å². The minimum absolute atomic E-state index is 0.331. The first-order valence-corrected chi connectivity index (χ1v) is 8.41. The van der Waals surface area contributed by atoms with Crippen molar-refractivity contribution in [2.24, 2.45) is 5.92 Å². The lowest BCUT2D eigenvalue weighted by Gasteiger charge is -2.21. The number of carbonyl (C=O) groups is 1. The molecule has 122 valence electrons. The van der Waals surface area contributed by atoms with Gasteiger partial charge in [0.05, 0.1) is 0 Å². The molecule has 2 rings (SSSR count). The molecule has 22 heavy (non-hydrogen) atoms. The van der Waals surface area contributed by atoms with Gasteiger partial charge in [-0.25, -0.2) is 9.78 Å². The zero-order valence-corrected chi connectivity index (χ0v) is 15.0. The predicted molar refractivity (Wildman–Crippen MR) is 89.6 cm³/mol. The average molecular weight is 370 g/mol. The second-order valence-corrected chi connectivity index (χ2v) is 7.57. The van der Waals surface area contributed by atoms with Gasteiger partial charge in [0.1, 0.15) is 10.2 Å². The van der Waals surface area contributed by atoms with E-state index in [9.17, 15) is 4.79 Å². The summed E-state index contributed by atoms with van der Waals surface area (Å²) in [6, 6.07) is 4.05. The minimum atomic E-state index is -0.444. The van der Waals surface area contributed by atoms with Crippen LogP contribution >= 0.6 is 15.9 Å². The normalized spacial score (nSPS) is 19.2. The van der Waals surface area contributed by atoms with Gasteiger partial charge in [-0.15, -0.1) is 0 Å². The van der Waals surface area contributed by atoms with E-state index in [-0.39, 0.29) is 6.09 Å². The molecule has 0 bridgehead atoms. The smallest absolute Gasteiger partial charge is 0.407 e. The van der Waals surface area contributed by atoms with Crippen molar-refractivity contribution >= 4 is 22.0 Å². The molecule has 0 spiro atoms. The molecule has 0 aliphatic carbocycles. The molecule has 1 aliphatic heterocycles. The lowest BCUT2D eigenvalue weighted by Crippen LogP contribution is -2.35. The third-order valence-corrected chi connectivity index (χ3v) is 3.97. The van der Waals surface area contributed by atoms with Gasteiger partial charge in [0.25, 0.3) is 0 Å². The summed E-state index contributed by atoms with van der Waals surface area (Å²) >= 11 is 3.35. The van der Waals surface area contributed by atoms with Crippen LogP contribution in [-0.2, 0) is 11.3 Å². The molecule has 1 N–H and O–H groups in total. The van der Waals surface area contributed by atoms with E-state index in [1.54, 1.807) is 0 Å². The van der Waals surface area contributed by atoms with Crippen LogP contribution in [0.15, 0.2) is 22.9 Å². The zero-order valence-electron chi connectivity index (χ0n) is 13.4. The third kappa shape index (κ3) is 5.93. The summed E-state index contributed by atoms with van der Waals surface area (Å²) in [4.78, 5) is 18.3. The van der Waals surface area contributed by atoms with Crippen molar-refractivity contribution in [3.8, 4) is 0 Å². The minimum Gasteiger partial charge on any atom is -0.444 e. The predicted octanol–water partition coefficient (Wildman–Crippen LogP) is 3.19. The van der Waals surface area contributed by atoms with Gasteiger partial charge in [-0.2, -0.15) is 0 Å². The number of pyridine rings is 1. The summed E-state index contributed by atoms with van der Waals surface area (Å²) in [5.74, 6) is 0.482. The van der Waals surface area contributed by atoms with E-state index < -0.39 is 5.60 Å². The maximum absolute atomic E-state index is 11.7. The molecule has 0 aromatic carbocycles. The van der Waals surface area contributed by atoms with Gasteiger partial charge in [0.2, 0.25) is 0 Å². The Bertz CT molecular complexity index is 499. The fourth-order valence-corrected chi connectivity index (χ4v) is 2.76. The summed E-state index contributed by atoms with van der Waals surface area (Å²) in [6.07, 6.45) is 2.67. The number of amides is 1. The Morgan fingerprint density at radius 1 is 1.50 bits per heavy atom. The monoisotopic (exact) mass is 369 g/mol. The Kier molecular flexibility index (Phi) is 5.81. The Labute approximate surface area is 140 Å². The van der Waals surface area contributed by atoms with Crippen molar-refractivity contribution in [2.45, 2.75) is 39.3 Å². The molecule has 6 heteroatoms. The number of aromatic nitrogens is 1. The number of likely N-dealkylation sites (tertiary alicyclic amines) is 1. The number of nitrogens with zero attached hydrogens (tertiary/aromatic N) is 2. The average Bonchev–Trinajstić information content (AvgIpc) is 2.85. The van der Waals surface area contributed by atoms with Crippen molar-refractivity contribution in [1.29, 1.82) is 0 Å². The molecule has 1 atom stereocenters. The highest BCUT2D eigenvalue weighted by atomic mass is 79.9. The maximum atomic E-state index is 11.7. The van der Waals surface area contributed by atoms with Gasteiger partial charge < -0.3 is 10.1 Å². The number of hydrogen-bond acceptors (Lipinski definition) is 4. The van der Waals surface area contributed by atoms with Crippen LogP contribution in [0.1, 0.15) is 32.8 Å². The Morgan fingerprint density at radius 2 is 2.27 bits per heavy atom. The summed E-state index contributed by atoms with van der Waals surface area (Å²) in [6.45, 7) is 9.23. The van der Waals surface area contributed by atoms with Gasteiger partial charge >= 0.3 is 6.09 Å². The van der Waals surface area contributed by atoms with E-state index in [4.69, 9.17) is 4.74 Å². The second-order valence-electron chi connectivity index (χ2n) is 6.76. The summed E-state index contributed by atoms with van der Waals surface area (Å²) in [5, 5.41) is 2.87.